The first kappa shape index (κ1) is 70.7. The molecule has 0 aromatic carbocycles. The number of hydrogen-bond acceptors (Lipinski definition) is 8. The third-order valence-corrected chi connectivity index (χ3v) is 15.8. The highest BCUT2D eigenvalue weighted by atomic mass is 16.7. The maximum Gasteiger partial charge on any atom is 0.220 e. The lowest BCUT2D eigenvalue weighted by molar-refractivity contribution is -0.302. The molecule has 1 aliphatic heterocycles. The van der Waals surface area contributed by atoms with E-state index in [4.69, 9.17) is 9.47 Å². The maximum absolute atomic E-state index is 13.1. The Labute approximate surface area is 458 Å². The molecule has 9 heteroatoms. The minimum atomic E-state index is -1.57. The Balaban J connectivity index is 2.16. The van der Waals surface area contributed by atoms with E-state index >= 15 is 0 Å². The van der Waals surface area contributed by atoms with Crippen LogP contribution in [0, 0.1) is 0 Å². The second kappa shape index (κ2) is 55.0. The minimum absolute atomic E-state index is 0.172. The molecule has 1 rings (SSSR count). The number of allylic oxidation sites excluding steroid dienone is 3. The van der Waals surface area contributed by atoms with Gasteiger partial charge in [0.25, 0.3) is 0 Å². The number of nitrogens with one attached hydrogen (secondary N) is 1. The van der Waals surface area contributed by atoms with Crippen LogP contribution in [-0.4, -0.2) is 87.5 Å². The minimum Gasteiger partial charge on any atom is -0.394 e. The number of carbonyl (C=O) groups excluding carboxylic acids is 1. The van der Waals surface area contributed by atoms with Crippen molar-refractivity contribution < 1.29 is 39.8 Å². The van der Waals surface area contributed by atoms with Crippen LogP contribution in [0.25, 0.3) is 0 Å². The van der Waals surface area contributed by atoms with Gasteiger partial charge in [0.1, 0.15) is 24.4 Å². The van der Waals surface area contributed by atoms with Gasteiger partial charge in [-0.25, -0.2) is 0 Å². The Hall–Kier alpha value is -1.33. The second-order valence-corrected chi connectivity index (χ2v) is 22.9. The Kier molecular flexibility index (Phi) is 52.5. The van der Waals surface area contributed by atoms with E-state index in [1.807, 2.05) is 6.08 Å². The molecule has 7 unspecified atom stereocenters. The summed E-state index contributed by atoms with van der Waals surface area (Å²) in [7, 11) is 0. The van der Waals surface area contributed by atoms with Gasteiger partial charge in [0.15, 0.2) is 6.29 Å². The molecule has 0 aromatic rings. The van der Waals surface area contributed by atoms with Crippen LogP contribution in [0.3, 0.4) is 0 Å². The highest BCUT2D eigenvalue weighted by Gasteiger charge is 2.44. The van der Waals surface area contributed by atoms with Gasteiger partial charge in [0.05, 0.1) is 25.4 Å². The van der Waals surface area contributed by atoms with Gasteiger partial charge in [0.2, 0.25) is 5.91 Å². The number of unbranched alkanes of at least 4 members (excludes halogenated alkanes) is 45. The molecule has 0 saturated carbocycles. The summed E-state index contributed by atoms with van der Waals surface area (Å²) in [6, 6.07) is -0.805. The molecule has 1 fully saturated rings. The van der Waals surface area contributed by atoms with Gasteiger partial charge < -0.3 is 40.3 Å². The third-order valence-electron chi connectivity index (χ3n) is 15.8. The molecule has 6 N–H and O–H groups in total. The number of hydrogen-bond donors (Lipinski definition) is 6. The monoisotopic (exact) mass is 1050 g/mol. The molecule has 438 valence electrons. The maximum atomic E-state index is 13.1. The SMILES string of the molecule is CCCCCCCCCC/C=C\CCCCCCCCCCCCCC(=O)NC(COC1OC(CO)C(O)C(O)C1O)C(O)/C=C/CCCCCCCCCCCCCCCCCCCCCCCCCCCC. The molecule has 1 heterocycles. The summed E-state index contributed by atoms with van der Waals surface area (Å²) in [5, 5.41) is 54.7. The molecule has 7 atom stereocenters. The molecule has 1 aliphatic rings. The van der Waals surface area contributed by atoms with Gasteiger partial charge >= 0.3 is 0 Å². The van der Waals surface area contributed by atoms with E-state index in [-0.39, 0.29) is 12.5 Å². The van der Waals surface area contributed by atoms with E-state index in [1.165, 1.54) is 270 Å². The topological polar surface area (TPSA) is 149 Å². The highest BCUT2D eigenvalue weighted by Crippen LogP contribution is 2.23. The highest BCUT2D eigenvalue weighted by molar-refractivity contribution is 5.76. The fourth-order valence-electron chi connectivity index (χ4n) is 10.6. The number of aliphatic hydroxyl groups excluding tert-OH is 5. The number of amides is 1. The zero-order valence-electron chi connectivity index (χ0n) is 48.9. The predicted octanol–water partition coefficient (Wildman–Crippen LogP) is 16.9. The van der Waals surface area contributed by atoms with Crippen LogP contribution in [0.15, 0.2) is 24.3 Å². The van der Waals surface area contributed by atoms with Crippen molar-refractivity contribution in [2.45, 2.75) is 371 Å². The molecule has 0 spiro atoms. The van der Waals surface area contributed by atoms with Crippen LogP contribution >= 0.6 is 0 Å². The number of ether oxygens (including phenoxy) is 2. The fourth-order valence-corrected chi connectivity index (χ4v) is 10.6. The van der Waals surface area contributed by atoms with Crippen LogP contribution in [0.1, 0.15) is 328 Å². The lowest BCUT2D eigenvalue weighted by Gasteiger charge is -2.40. The van der Waals surface area contributed by atoms with Gasteiger partial charge in [-0.15, -0.1) is 0 Å². The lowest BCUT2D eigenvalue weighted by atomic mass is 9.99. The van der Waals surface area contributed by atoms with Crippen molar-refractivity contribution in [1.82, 2.24) is 5.32 Å². The lowest BCUT2D eigenvalue weighted by Crippen LogP contribution is -2.60. The Morgan fingerprint density at radius 3 is 1.09 bits per heavy atom. The van der Waals surface area contributed by atoms with Gasteiger partial charge in [-0.2, -0.15) is 0 Å². The summed E-state index contributed by atoms with van der Waals surface area (Å²) < 4.78 is 11.3. The summed E-state index contributed by atoms with van der Waals surface area (Å²) in [4.78, 5) is 13.1. The number of rotatable bonds is 57. The van der Waals surface area contributed by atoms with Gasteiger partial charge in [-0.05, 0) is 44.9 Å². The van der Waals surface area contributed by atoms with E-state index in [9.17, 15) is 30.3 Å². The van der Waals surface area contributed by atoms with Crippen molar-refractivity contribution >= 4 is 5.91 Å². The summed E-state index contributed by atoms with van der Waals surface area (Å²) in [5.74, 6) is -0.172. The van der Waals surface area contributed by atoms with Gasteiger partial charge in [-0.1, -0.05) is 301 Å². The normalized spacial score (nSPS) is 19.0. The Morgan fingerprint density at radius 2 is 0.757 bits per heavy atom. The van der Waals surface area contributed by atoms with Crippen LogP contribution in [0.2, 0.25) is 0 Å². The number of carbonyl (C=O) groups is 1. The van der Waals surface area contributed by atoms with Crippen molar-refractivity contribution in [3.05, 3.63) is 24.3 Å². The molecule has 0 aromatic heterocycles. The van der Waals surface area contributed by atoms with Gasteiger partial charge in [0, 0.05) is 6.42 Å². The van der Waals surface area contributed by atoms with Crippen molar-refractivity contribution in [3.8, 4) is 0 Å². The molecule has 74 heavy (non-hydrogen) atoms. The van der Waals surface area contributed by atoms with E-state index in [1.54, 1.807) is 6.08 Å². The molecule has 1 saturated heterocycles. The summed E-state index contributed by atoms with van der Waals surface area (Å²) in [6.07, 6.45) is 64.1. The van der Waals surface area contributed by atoms with E-state index in [2.05, 4.69) is 31.3 Å². The smallest absolute Gasteiger partial charge is 0.220 e. The van der Waals surface area contributed by atoms with E-state index in [0.29, 0.717) is 6.42 Å². The van der Waals surface area contributed by atoms with Crippen molar-refractivity contribution in [2.24, 2.45) is 0 Å². The van der Waals surface area contributed by atoms with E-state index in [0.717, 1.165) is 38.5 Å². The van der Waals surface area contributed by atoms with Crippen molar-refractivity contribution in [1.29, 1.82) is 0 Å². The zero-order chi connectivity index (χ0) is 53.6. The Morgan fingerprint density at radius 1 is 0.446 bits per heavy atom. The van der Waals surface area contributed by atoms with Crippen molar-refractivity contribution in [2.75, 3.05) is 13.2 Å². The first-order valence-electron chi connectivity index (χ1n) is 32.6. The van der Waals surface area contributed by atoms with Crippen molar-refractivity contribution in [3.63, 3.8) is 0 Å². The standard InChI is InChI=1S/C65H125NO8/c1-3-5-7-9-11-13-15-17-19-21-23-25-27-28-29-30-31-33-34-36-38-40-42-44-46-48-50-52-54-59(68)58(57-73-65-64(72)63(71)62(70)60(56-67)74-65)66-61(69)55-53-51-49-47-45-43-41-39-37-35-32-26-24-22-20-18-16-14-12-10-8-6-4-2/h22,24,52,54,58-60,62-65,67-68,70-72H,3-21,23,25-51,53,55-57H2,1-2H3,(H,66,69)/b24-22-,54-52+. The second-order valence-electron chi connectivity index (χ2n) is 22.9. The first-order valence-corrected chi connectivity index (χ1v) is 32.6. The third kappa shape index (κ3) is 43.6. The summed E-state index contributed by atoms with van der Waals surface area (Å²) >= 11 is 0. The predicted molar refractivity (Wildman–Crippen MR) is 314 cm³/mol. The Bertz CT molecular complexity index is 1210. The summed E-state index contributed by atoms with van der Waals surface area (Å²) in [6.45, 7) is 3.83. The molecular formula is C65H125NO8. The quantitative estimate of drug-likeness (QED) is 0.0261. The van der Waals surface area contributed by atoms with Crippen LogP contribution in [0.4, 0.5) is 0 Å². The molecular weight excluding hydrogens is 923 g/mol. The molecule has 0 bridgehead atoms. The first-order chi connectivity index (χ1) is 36.3. The number of aliphatic hydroxyl groups is 5. The molecule has 1 amide bonds. The average Bonchev–Trinajstić information content (AvgIpc) is 3.40. The molecule has 0 radical (unpaired) electrons. The average molecular weight is 1050 g/mol. The van der Waals surface area contributed by atoms with E-state index < -0.39 is 49.5 Å². The zero-order valence-corrected chi connectivity index (χ0v) is 48.9. The van der Waals surface area contributed by atoms with Crippen LogP contribution in [-0.2, 0) is 14.3 Å². The largest absolute Gasteiger partial charge is 0.394 e. The molecule has 9 nitrogen and oxygen atoms in total. The molecule has 0 aliphatic carbocycles. The van der Waals surface area contributed by atoms with Crippen LogP contribution in [0.5, 0.6) is 0 Å². The van der Waals surface area contributed by atoms with Crippen LogP contribution < -0.4 is 5.32 Å². The fraction of sp³-hybridized carbons (Fsp3) is 0.923. The summed E-state index contributed by atoms with van der Waals surface area (Å²) in [5.41, 5.74) is 0. The van der Waals surface area contributed by atoms with Gasteiger partial charge in [-0.3, -0.25) is 4.79 Å².